The monoisotopic (exact) mass is 296 g/mol. The maximum Gasteiger partial charge on any atom is 0.360 e. The van der Waals surface area contributed by atoms with E-state index in [1.54, 1.807) is 0 Å². The molecule has 2 rings (SSSR count). The lowest BCUT2D eigenvalue weighted by Crippen LogP contribution is -2.38. The van der Waals surface area contributed by atoms with Gasteiger partial charge in [0.2, 0.25) is 5.91 Å². The highest BCUT2D eigenvalue weighted by molar-refractivity contribution is 5.88. The van der Waals surface area contributed by atoms with Gasteiger partial charge in [-0.15, -0.1) is 5.10 Å². The first-order valence-electron chi connectivity index (χ1n) is 6.94. The average Bonchev–Trinajstić information content (AvgIpc) is 2.90. The number of piperidine rings is 1. The van der Waals surface area contributed by atoms with Crippen LogP contribution in [0.4, 0.5) is 0 Å². The second kappa shape index (κ2) is 7.16. The molecule has 0 bridgehead atoms. The summed E-state index contributed by atoms with van der Waals surface area (Å²) in [5.74, 6) is -0.605. The van der Waals surface area contributed by atoms with Crippen LogP contribution in [0.3, 0.4) is 0 Å². The summed E-state index contributed by atoms with van der Waals surface area (Å²) in [6.45, 7) is 1.75. The lowest BCUT2D eigenvalue weighted by molar-refractivity contribution is -0.133. The van der Waals surface area contributed by atoms with Crippen LogP contribution in [0.1, 0.15) is 35.4 Å². The summed E-state index contributed by atoms with van der Waals surface area (Å²) in [7, 11) is 2.78. The first kappa shape index (κ1) is 15.4. The average molecular weight is 296 g/mol. The lowest BCUT2D eigenvalue weighted by Gasteiger charge is -2.26. The van der Waals surface area contributed by atoms with Crippen LogP contribution >= 0.6 is 0 Å². The van der Waals surface area contributed by atoms with Gasteiger partial charge in [0.05, 0.1) is 19.4 Å². The Morgan fingerprint density at radius 1 is 1.19 bits per heavy atom. The van der Waals surface area contributed by atoms with E-state index >= 15 is 0 Å². The van der Waals surface area contributed by atoms with Crippen molar-refractivity contribution in [2.75, 3.05) is 27.3 Å². The quantitative estimate of drug-likeness (QED) is 0.723. The van der Waals surface area contributed by atoms with Gasteiger partial charge in [0, 0.05) is 20.2 Å². The van der Waals surface area contributed by atoms with Gasteiger partial charge in [-0.1, -0.05) is 5.21 Å². The molecule has 1 aromatic rings. The number of amides is 1. The maximum absolute atomic E-state index is 12.3. The zero-order chi connectivity index (χ0) is 15.2. The van der Waals surface area contributed by atoms with Gasteiger partial charge in [0.15, 0.2) is 5.69 Å². The number of aromatic nitrogens is 3. The molecule has 0 radical (unpaired) electrons. The Labute approximate surface area is 123 Å². The maximum atomic E-state index is 12.3. The molecular weight excluding hydrogens is 276 g/mol. The number of methoxy groups -OCH3 is 2. The zero-order valence-electron chi connectivity index (χ0n) is 12.4. The molecule has 1 saturated heterocycles. The molecule has 8 heteroatoms. The van der Waals surface area contributed by atoms with E-state index in [2.05, 4.69) is 15.0 Å². The summed E-state index contributed by atoms with van der Waals surface area (Å²) in [4.78, 5) is 25.7. The lowest BCUT2D eigenvalue weighted by atomic mass is 10.1. The Bertz CT molecular complexity index is 508. The van der Waals surface area contributed by atoms with Crippen LogP contribution in [0.15, 0.2) is 0 Å². The second-order valence-corrected chi connectivity index (χ2v) is 4.91. The normalized spacial score (nSPS) is 15.0. The Balaban J connectivity index is 2.13. The third kappa shape index (κ3) is 3.57. The highest BCUT2D eigenvalue weighted by Crippen LogP contribution is 2.12. The molecule has 0 N–H and O–H groups in total. The topological polar surface area (TPSA) is 86.5 Å². The number of carbonyl (C=O) groups excluding carboxylic acids is 2. The molecule has 0 atom stereocenters. The third-order valence-electron chi connectivity index (χ3n) is 3.49. The van der Waals surface area contributed by atoms with Crippen LogP contribution in [0.2, 0.25) is 0 Å². The number of ether oxygens (including phenoxy) is 2. The first-order valence-corrected chi connectivity index (χ1v) is 6.94. The molecule has 0 aliphatic carbocycles. The number of nitrogens with zero attached hydrogens (tertiary/aromatic N) is 4. The number of hydrogen-bond donors (Lipinski definition) is 0. The van der Waals surface area contributed by atoms with E-state index in [1.165, 1.54) is 18.9 Å². The summed E-state index contributed by atoms with van der Waals surface area (Å²) >= 11 is 0. The number of carbonyl (C=O) groups is 2. The molecule has 0 saturated carbocycles. The van der Waals surface area contributed by atoms with Crippen LogP contribution in [-0.4, -0.2) is 59.1 Å². The molecule has 1 aliphatic heterocycles. The molecule has 2 heterocycles. The summed E-state index contributed by atoms with van der Waals surface area (Å²) in [5, 5.41) is 7.67. The summed E-state index contributed by atoms with van der Waals surface area (Å²) in [6, 6.07) is 0. The molecule has 8 nitrogen and oxygen atoms in total. The van der Waals surface area contributed by atoms with E-state index in [0.29, 0.717) is 5.69 Å². The molecule has 1 aromatic heterocycles. The van der Waals surface area contributed by atoms with Gasteiger partial charge < -0.3 is 14.4 Å². The Kier molecular flexibility index (Phi) is 5.26. The molecule has 0 unspecified atom stereocenters. The fourth-order valence-corrected chi connectivity index (χ4v) is 2.37. The van der Waals surface area contributed by atoms with E-state index in [-0.39, 0.29) is 24.8 Å². The molecule has 0 aromatic carbocycles. The van der Waals surface area contributed by atoms with Crippen molar-refractivity contribution in [3.8, 4) is 0 Å². The minimum Gasteiger partial charge on any atom is -0.464 e. The largest absolute Gasteiger partial charge is 0.464 e. The Morgan fingerprint density at radius 3 is 2.52 bits per heavy atom. The second-order valence-electron chi connectivity index (χ2n) is 4.91. The van der Waals surface area contributed by atoms with Crippen LogP contribution in [0.25, 0.3) is 0 Å². The number of hydrogen-bond acceptors (Lipinski definition) is 6. The Morgan fingerprint density at radius 2 is 1.90 bits per heavy atom. The molecule has 1 fully saturated rings. The van der Waals surface area contributed by atoms with Crippen molar-refractivity contribution in [3.05, 3.63) is 11.4 Å². The van der Waals surface area contributed by atoms with Crippen LogP contribution in [0.5, 0.6) is 0 Å². The van der Waals surface area contributed by atoms with Crippen molar-refractivity contribution in [1.29, 1.82) is 0 Å². The van der Waals surface area contributed by atoms with Crippen LogP contribution in [-0.2, 0) is 27.4 Å². The number of likely N-dealkylation sites (tertiary alicyclic amines) is 1. The van der Waals surface area contributed by atoms with E-state index in [1.807, 2.05) is 4.90 Å². The van der Waals surface area contributed by atoms with Gasteiger partial charge in [-0.2, -0.15) is 0 Å². The Hall–Kier alpha value is -1.96. The molecule has 1 aliphatic rings. The zero-order valence-corrected chi connectivity index (χ0v) is 12.4. The molecule has 1 amide bonds. The number of rotatable bonds is 5. The predicted octanol–water partition coefficient (Wildman–Crippen LogP) is 0.224. The van der Waals surface area contributed by atoms with Crippen molar-refractivity contribution in [1.82, 2.24) is 19.9 Å². The van der Waals surface area contributed by atoms with E-state index < -0.39 is 5.97 Å². The first-order chi connectivity index (χ1) is 10.2. The molecule has 0 spiro atoms. The number of esters is 1. The van der Waals surface area contributed by atoms with Crippen molar-refractivity contribution < 1.29 is 19.1 Å². The van der Waals surface area contributed by atoms with E-state index in [9.17, 15) is 9.59 Å². The summed E-state index contributed by atoms with van der Waals surface area (Å²) < 4.78 is 11.1. The fraction of sp³-hybridized carbons (Fsp3) is 0.692. The standard InChI is InChI=1S/C13H20N4O4/c1-20-9-10-12(13(19)21-2)14-15-17(10)8-11(18)16-6-4-3-5-7-16/h3-9H2,1-2H3. The minimum absolute atomic E-state index is 0.0200. The van der Waals surface area contributed by atoms with Crippen LogP contribution < -0.4 is 0 Å². The smallest absolute Gasteiger partial charge is 0.360 e. The fourth-order valence-electron chi connectivity index (χ4n) is 2.37. The van der Waals surface area contributed by atoms with E-state index in [4.69, 9.17) is 4.74 Å². The van der Waals surface area contributed by atoms with Gasteiger partial charge >= 0.3 is 5.97 Å². The van der Waals surface area contributed by atoms with Gasteiger partial charge in [0.1, 0.15) is 6.54 Å². The van der Waals surface area contributed by atoms with Gasteiger partial charge in [-0.3, -0.25) is 4.79 Å². The SMILES string of the molecule is COCc1c(C(=O)OC)nnn1CC(=O)N1CCCCC1. The van der Waals surface area contributed by atoms with Gasteiger partial charge in [-0.25, -0.2) is 9.48 Å². The molecular formula is C13H20N4O4. The summed E-state index contributed by atoms with van der Waals surface area (Å²) in [5.41, 5.74) is 0.542. The highest BCUT2D eigenvalue weighted by atomic mass is 16.5. The van der Waals surface area contributed by atoms with Crippen molar-refractivity contribution in [2.24, 2.45) is 0 Å². The predicted molar refractivity (Wildman–Crippen MR) is 72.5 cm³/mol. The highest BCUT2D eigenvalue weighted by Gasteiger charge is 2.23. The molecule has 21 heavy (non-hydrogen) atoms. The van der Waals surface area contributed by atoms with Crippen molar-refractivity contribution >= 4 is 11.9 Å². The third-order valence-corrected chi connectivity index (χ3v) is 3.49. The summed E-state index contributed by atoms with van der Waals surface area (Å²) in [6.07, 6.45) is 3.22. The van der Waals surface area contributed by atoms with Crippen molar-refractivity contribution in [3.63, 3.8) is 0 Å². The molecule has 116 valence electrons. The van der Waals surface area contributed by atoms with E-state index in [0.717, 1.165) is 32.4 Å². The minimum atomic E-state index is -0.585. The van der Waals surface area contributed by atoms with Crippen molar-refractivity contribution in [2.45, 2.75) is 32.4 Å². The van der Waals surface area contributed by atoms with Gasteiger partial charge in [0.25, 0.3) is 0 Å². The van der Waals surface area contributed by atoms with Gasteiger partial charge in [-0.05, 0) is 19.3 Å². The van der Waals surface area contributed by atoms with Crippen LogP contribution in [0, 0.1) is 0 Å².